The predicted octanol–water partition coefficient (Wildman–Crippen LogP) is 3.11. The zero-order valence-electron chi connectivity index (χ0n) is 12.7. The number of thiazole rings is 1. The Bertz CT molecular complexity index is 833. The van der Waals surface area contributed by atoms with E-state index in [1.807, 2.05) is 0 Å². The molecule has 0 amide bonds. The largest absolute Gasteiger partial charge is 0.462 e. The third kappa shape index (κ3) is 3.49. The molecule has 0 saturated heterocycles. The number of aryl methyl sites for hydroxylation is 1. The number of carbonyl (C=O) groups is 1. The number of halogens is 1. The van der Waals surface area contributed by atoms with E-state index in [0.29, 0.717) is 5.69 Å². The topological polar surface area (TPSA) is 76.6 Å². The second-order valence-corrected chi connectivity index (χ2v) is 7.86. The minimum Gasteiger partial charge on any atom is -0.462 e. The first-order valence-corrected chi connectivity index (χ1v) is 9.30. The number of sulfonamides is 1. The first-order chi connectivity index (χ1) is 10.8. The van der Waals surface area contributed by atoms with Gasteiger partial charge in [-0.15, -0.1) is 0 Å². The number of nitrogens with zero attached hydrogens (tertiary/aromatic N) is 2. The molecule has 0 radical (unpaired) electrons. The molecule has 0 saturated carbocycles. The monoisotopic (exact) mass is 374 g/mol. The van der Waals surface area contributed by atoms with Crippen LogP contribution in [0.4, 0.5) is 5.13 Å². The zero-order chi connectivity index (χ0) is 17.2. The van der Waals surface area contributed by atoms with Gasteiger partial charge in [-0.05, 0) is 26.0 Å². The molecule has 0 aliphatic carbocycles. The number of ether oxygens (including phenoxy) is 1. The van der Waals surface area contributed by atoms with E-state index < -0.39 is 16.0 Å². The molecule has 6 nitrogen and oxygen atoms in total. The number of aromatic nitrogens is 1. The van der Waals surface area contributed by atoms with E-state index >= 15 is 0 Å². The van der Waals surface area contributed by atoms with Crippen molar-refractivity contribution in [1.82, 2.24) is 4.98 Å². The van der Waals surface area contributed by atoms with E-state index in [4.69, 9.17) is 16.3 Å². The van der Waals surface area contributed by atoms with Crippen LogP contribution >= 0.6 is 22.9 Å². The van der Waals surface area contributed by atoms with Crippen LogP contribution in [0.15, 0.2) is 29.2 Å². The van der Waals surface area contributed by atoms with Gasteiger partial charge in [-0.3, -0.25) is 0 Å². The van der Waals surface area contributed by atoms with Crippen LogP contribution in [-0.4, -0.2) is 33.0 Å². The number of esters is 1. The third-order valence-electron chi connectivity index (χ3n) is 2.99. The van der Waals surface area contributed by atoms with Crippen molar-refractivity contribution >= 4 is 44.1 Å². The van der Waals surface area contributed by atoms with Gasteiger partial charge in [0.1, 0.15) is 9.77 Å². The summed E-state index contributed by atoms with van der Waals surface area (Å²) in [6, 6.07) is 6.15. The Morgan fingerprint density at radius 2 is 2.04 bits per heavy atom. The molecule has 9 heteroatoms. The summed E-state index contributed by atoms with van der Waals surface area (Å²) in [6.45, 7) is 3.56. The van der Waals surface area contributed by atoms with Gasteiger partial charge in [0, 0.05) is 7.05 Å². The van der Waals surface area contributed by atoms with Crippen LogP contribution < -0.4 is 4.31 Å². The molecule has 2 aromatic rings. The molecule has 1 aromatic carbocycles. The van der Waals surface area contributed by atoms with Gasteiger partial charge < -0.3 is 4.74 Å². The van der Waals surface area contributed by atoms with Gasteiger partial charge in [0.05, 0.1) is 17.3 Å². The Balaban J connectivity index is 2.41. The highest BCUT2D eigenvalue weighted by Gasteiger charge is 2.28. The van der Waals surface area contributed by atoms with Crippen molar-refractivity contribution in [3.63, 3.8) is 0 Å². The van der Waals surface area contributed by atoms with Crippen LogP contribution in [0.3, 0.4) is 0 Å². The standard InChI is InChI=1S/C14H15ClN2O4S2/c1-4-21-13(18)12-9(2)16-14(22-12)17(3)23(19,20)11-8-6-5-7-10(11)15/h5-8H,4H2,1-3H3. The maximum Gasteiger partial charge on any atom is 0.350 e. The van der Waals surface area contributed by atoms with Crippen molar-refractivity contribution in [2.24, 2.45) is 0 Å². The maximum atomic E-state index is 12.7. The predicted molar refractivity (Wildman–Crippen MR) is 89.8 cm³/mol. The van der Waals surface area contributed by atoms with Crippen LogP contribution in [0.5, 0.6) is 0 Å². The van der Waals surface area contributed by atoms with Crippen LogP contribution in [-0.2, 0) is 14.8 Å². The number of rotatable bonds is 5. The lowest BCUT2D eigenvalue weighted by Crippen LogP contribution is -2.26. The van der Waals surface area contributed by atoms with Crippen molar-refractivity contribution < 1.29 is 17.9 Å². The highest BCUT2D eigenvalue weighted by atomic mass is 35.5. The molecule has 1 heterocycles. The molecule has 0 atom stereocenters. The average molecular weight is 375 g/mol. The highest BCUT2D eigenvalue weighted by Crippen LogP contribution is 2.31. The van der Waals surface area contributed by atoms with Gasteiger partial charge in [-0.2, -0.15) is 0 Å². The Hall–Kier alpha value is -1.64. The molecule has 0 fully saturated rings. The number of hydrogen-bond acceptors (Lipinski definition) is 6. The van der Waals surface area contributed by atoms with Crippen LogP contribution in [0.1, 0.15) is 22.3 Å². The summed E-state index contributed by atoms with van der Waals surface area (Å²) in [5.74, 6) is -0.516. The van der Waals surface area contributed by atoms with Gasteiger partial charge in [0.2, 0.25) is 0 Å². The lowest BCUT2D eigenvalue weighted by Gasteiger charge is -2.16. The maximum absolute atomic E-state index is 12.7. The summed E-state index contributed by atoms with van der Waals surface area (Å²) >= 11 is 6.93. The molecule has 0 aliphatic rings. The number of benzene rings is 1. The fraction of sp³-hybridized carbons (Fsp3) is 0.286. The Labute approximate surface area is 143 Å². The van der Waals surface area contributed by atoms with Gasteiger partial charge in [0.15, 0.2) is 5.13 Å². The SMILES string of the molecule is CCOC(=O)c1sc(N(C)S(=O)(=O)c2ccccc2Cl)nc1C. The first kappa shape index (κ1) is 17.7. The summed E-state index contributed by atoms with van der Waals surface area (Å²) in [6.07, 6.45) is 0. The second kappa shape index (κ2) is 6.86. The summed E-state index contributed by atoms with van der Waals surface area (Å²) in [4.78, 5) is 16.3. The van der Waals surface area contributed by atoms with Crippen molar-refractivity contribution in [2.75, 3.05) is 18.0 Å². The molecular weight excluding hydrogens is 360 g/mol. The van der Waals surface area contributed by atoms with Gasteiger partial charge >= 0.3 is 5.97 Å². The lowest BCUT2D eigenvalue weighted by molar-refractivity contribution is 0.0531. The quantitative estimate of drug-likeness (QED) is 0.751. The van der Waals surface area contributed by atoms with Crippen LogP contribution in [0.25, 0.3) is 0 Å². The van der Waals surface area contributed by atoms with E-state index in [-0.39, 0.29) is 26.5 Å². The van der Waals surface area contributed by atoms with E-state index in [9.17, 15) is 13.2 Å². The van der Waals surface area contributed by atoms with Gasteiger partial charge in [0.25, 0.3) is 10.0 Å². The molecule has 0 aliphatic heterocycles. The Morgan fingerprint density at radius 3 is 2.65 bits per heavy atom. The second-order valence-electron chi connectivity index (χ2n) is 4.53. The fourth-order valence-corrected chi connectivity index (χ4v) is 4.58. The number of carbonyl (C=O) groups excluding carboxylic acids is 1. The van der Waals surface area contributed by atoms with E-state index in [1.165, 1.54) is 19.2 Å². The summed E-state index contributed by atoms with van der Waals surface area (Å²) in [5.41, 5.74) is 0.421. The number of anilines is 1. The van der Waals surface area contributed by atoms with Gasteiger partial charge in [-0.1, -0.05) is 35.1 Å². The molecular formula is C14H15ClN2O4S2. The van der Waals surface area contributed by atoms with E-state index in [1.54, 1.807) is 26.0 Å². The van der Waals surface area contributed by atoms with E-state index in [0.717, 1.165) is 15.6 Å². The average Bonchev–Trinajstić information content (AvgIpc) is 2.89. The van der Waals surface area contributed by atoms with Crippen LogP contribution in [0.2, 0.25) is 5.02 Å². The van der Waals surface area contributed by atoms with Crippen molar-refractivity contribution in [2.45, 2.75) is 18.7 Å². The molecule has 1 aromatic heterocycles. The summed E-state index contributed by atoms with van der Waals surface area (Å²) < 4.78 is 31.3. The lowest BCUT2D eigenvalue weighted by atomic mass is 10.4. The molecule has 2 rings (SSSR count). The smallest absolute Gasteiger partial charge is 0.350 e. The number of hydrogen-bond donors (Lipinski definition) is 0. The molecule has 23 heavy (non-hydrogen) atoms. The van der Waals surface area contributed by atoms with Crippen molar-refractivity contribution in [3.05, 3.63) is 39.9 Å². The minimum atomic E-state index is -3.87. The molecule has 0 N–H and O–H groups in total. The summed E-state index contributed by atoms with van der Waals surface area (Å²) in [7, 11) is -2.50. The van der Waals surface area contributed by atoms with E-state index in [2.05, 4.69) is 4.98 Å². The molecule has 0 unspecified atom stereocenters. The fourth-order valence-electron chi connectivity index (χ4n) is 1.81. The Kier molecular flexibility index (Phi) is 5.28. The minimum absolute atomic E-state index is 0.0188. The third-order valence-corrected chi connectivity index (χ3v) is 6.57. The Morgan fingerprint density at radius 1 is 1.39 bits per heavy atom. The van der Waals surface area contributed by atoms with Crippen molar-refractivity contribution in [3.8, 4) is 0 Å². The van der Waals surface area contributed by atoms with Crippen molar-refractivity contribution in [1.29, 1.82) is 0 Å². The van der Waals surface area contributed by atoms with Gasteiger partial charge in [-0.25, -0.2) is 22.5 Å². The first-order valence-electron chi connectivity index (χ1n) is 6.67. The molecule has 0 spiro atoms. The van der Waals surface area contributed by atoms with Crippen LogP contribution in [0, 0.1) is 6.92 Å². The summed E-state index contributed by atoms with van der Waals surface area (Å²) in [5, 5.41) is 0.295. The molecule has 124 valence electrons. The normalized spacial score (nSPS) is 11.3. The molecule has 0 bridgehead atoms. The highest BCUT2D eigenvalue weighted by molar-refractivity contribution is 7.93. The zero-order valence-corrected chi connectivity index (χ0v) is 15.1.